The first kappa shape index (κ1) is 11.9. The Balaban J connectivity index is 3.32. The summed E-state index contributed by atoms with van der Waals surface area (Å²) in [5.41, 5.74) is 6.77. The number of hydrogen-bond acceptors (Lipinski definition) is 3. The van der Waals surface area contributed by atoms with Crippen molar-refractivity contribution in [1.29, 1.82) is 5.41 Å². The summed E-state index contributed by atoms with van der Waals surface area (Å²) in [6.07, 6.45) is 0.983. The fourth-order valence-corrected chi connectivity index (χ4v) is 1.93. The van der Waals surface area contributed by atoms with E-state index in [1.807, 2.05) is 0 Å². The lowest BCUT2D eigenvalue weighted by molar-refractivity contribution is -0.0508. The van der Waals surface area contributed by atoms with Crippen molar-refractivity contribution in [3.8, 4) is 5.75 Å². The van der Waals surface area contributed by atoms with Crippen LogP contribution in [0.25, 0.3) is 0 Å². The van der Waals surface area contributed by atoms with E-state index in [9.17, 15) is 8.78 Å². The molecule has 0 unspecified atom stereocenters. The average Bonchev–Trinajstić information content (AvgIpc) is 2.12. The minimum Gasteiger partial charge on any atom is -0.433 e. The molecule has 82 valence electrons. The molecule has 0 saturated carbocycles. The number of nitrogen functional groups attached to an aromatic ring is 1. The van der Waals surface area contributed by atoms with E-state index >= 15 is 0 Å². The van der Waals surface area contributed by atoms with E-state index in [0.29, 0.717) is 16.8 Å². The van der Waals surface area contributed by atoms with Crippen LogP contribution < -0.4 is 10.5 Å². The highest BCUT2D eigenvalue weighted by Crippen LogP contribution is 2.35. The minimum atomic E-state index is -2.90. The molecule has 0 atom stereocenters. The fourth-order valence-electron chi connectivity index (χ4n) is 1.18. The molecular formula is C9H9BrF2N2O. The Morgan fingerprint density at radius 1 is 1.60 bits per heavy atom. The summed E-state index contributed by atoms with van der Waals surface area (Å²) in [4.78, 5) is 0. The number of halogens is 3. The number of nitrogens with two attached hydrogens (primary N) is 1. The number of alkyl halides is 2. The highest BCUT2D eigenvalue weighted by molar-refractivity contribution is 9.10. The minimum absolute atomic E-state index is 0.0118. The van der Waals surface area contributed by atoms with Crippen molar-refractivity contribution < 1.29 is 13.5 Å². The smallest absolute Gasteiger partial charge is 0.387 e. The first-order valence-corrected chi connectivity index (χ1v) is 4.80. The van der Waals surface area contributed by atoms with Crippen molar-refractivity contribution in [2.75, 3.05) is 5.73 Å². The van der Waals surface area contributed by atoms with Crippen molar-refractivity contribution in [3.05, 3.63) is 21.7 Å². The van der Waals surface area contributed by atoms with Crippen LogP contribution >= 0.6 is 15.9 Å². The average molecular weight is 279 g/mol. The molecule has 3 N–H and O–H groups in total. The molecule has 0 radical (unpaired) electrons. The molecule has 0 aliphatic heterocycles. The summed E-state index contributed by atoms with van der Waals surface area (Å²) in [7, 11) is 0. The number of aryl methyl sites for hydroxylation is 1. The first-order valence-electron chi connectivity index (χ1n) is 4.01. The third-order valence-electron chi connectivity index (χ3n) is 1.83. The first-order chi connectivity index (χ1) is 6.97. The van der Waals surface area contributed by atoms with Gasteiger partial charge in [-0.15, -0.1) is 0 Å². The van der Waals surface area contributed by atoms with Crippen molar-refractivity contribution >= 4 is 27.8 Å². The number of ether oxygens (including phenoxy) is 1. The monoisotopic (exact) mass is 278 g/mol. The molecule has 0 amide bonds. The van der Waals surface area contributed by atoms with Crippen LogP contribution in [0.15, 0.2) is 10.5 Å². The van der Waals surface area contributed by atoms with Gasteiger partial charge in [0.05, 0.1) is 4.47 Å². The van der Waals surface area contributed by atoms with E-state index in [2.05, 4.69) is 20.7 Å². The molecule has 0 aliphatic rings. The van der Waals surface area contributed by atoms with Crippen LogP contribution in [0, 0.1) is 12.3 Å². The molecule has 0 heterocycles. The molecule has 15 heavy (non-hydrogen) atoms. The van der Waals surface area contributed by atoms with Gasteiger partial charge in [-0.3, -0.25) is 0 Å². The lowest BCUT2D eigenvalue weighted by atomic mass is 10.1. The van der Waals surface area contributed by atoms with Crippen LogP contribution in [-0.2, 0) is 0 Å². The van der Waals surface area contributed by atoms with Crippen LogP contribution in [0.4, 0.5) is 14.5 Å². The van der Waals surface area contributed by atoms with Crippen LogP contribution in [0.5, 0.6) is 5.75 Å². The van der Waals surface area contributed by atoms with Crippen molar-refractivity contribution in [3.63, 3.8) is 0 Å². The molecule has 0 bridgehead atoms. The number of hydrogen-bond donors (Lipinski definition) is 2. The Kier molecular flexibility index (Phi) is 3.62. The van der Waals surface area contributed by atoms with Crippen molar-refractivity contribution in [2.24, 2.45) is 0 Å². The predicted octanol–water partition coefficient (Wildman–Crippen LogP) is 2.94. The molecule has 1 aromatic carbocycles. The van der Waals surface area contributed by atoms with Crippen LogP contribution in [-0.4, -0.2) is 12.8 Å². The molecule has 0 aliphatic carbocycles. The molecule has 3 nitrogen and oxygen atoms in total. The lowest BCUT2D eigenvalue weighted by Gasteiger charge is -2.13. The van der Waals surface area contributed by atoms with E-state index in [4.69, 9.17) is 11.1 Å². The maximum Gasteiger partial charge on any atom is 0.387 e. The summed E-state index contributed by atoms with van der Waals surface area (Å²) in [5, 5.41) is 7.10. The Morgan fingerprint density at radius 2 is 2.20 bits per heavy atom. The quantitative estimate of drug-likeness (QED) is 0.660. The Labute approximate surface area is 93.9 Å². The standard InChI is InChI=1S/C9H9BrF2N2O/c1-4-2-6(14)5(3-13)7(10)8(4)15-9(11)12/h2-3,9,13H,14H2,1H3. The summed E-state index contributed by atoms with van der Waals surface area (Å²) in [6, 6.07) is 1.49. The fraction of sp³-hybridized carbons (Fsp3) is 0.222. The van der Waals surface area contributed by atoms with Gasteiger partial charge in [0.15, 0.2) is 0 Å². The molecule has 0 spiro atoms. The second kappa shape index (κ2) is 4.57. The van der Waals surface area contributed by atoms with Gasteiger partial charge < -0.3 is 15.9 Å². The Morgan fingerprint density at radius 3 is 2.67 bits per heavy atom. The zero-order chi connectivity index (χ0) is 11.6. The van der Waals surface area contributed by atoms with Gasteiger partial charge >= 0.3 is 6.61 Å². The van der Waals surface area contributed by atoms with Crippen LogP contribution in [0.3, 0.4) is 0 Å². The highest BCUT2D eigenvalue weighted by atomic mass is 79.9. The second-order valence-corrected chi connectivity index (χ2v) is 3.66. The number of benzene rings is 1. The SMILES string of the molecule is Cc1cc(N)c(C=N)c(Br)c1OC(F)F. The van der Waals surface area contributed by atoms with E-state index in [1.54, 1.807) is 6.92 Å². The van der Waals surface area contributed by atoms with Gasteiger partial charge in [0.2, 0.25) is 0 Å². The third kappa shape index (κ3) is 2.44. The number of rotatable bonds is 3. The summed E-state index contributed by atoms with van der Waals surface area (Å²) >= 11 is 3.08. The van der Waals surface area contributed by atoms with Crippen LogP contribution in [0.2, 0.25) is 0 Å². The third-order valence-corrected chi connectivity index (χ3v) is 2.62. The van der Waals surface area contributed by atoms with E-state index < -0.39 is 6.61 Å². The second-order valence-electron chi connectivity index (χ2n) is 2.86. The van der Waals surface area contributed by atoms with Gasteiger partial charge in [0, 0.05) is 17.5 Å². The van der Waals surface area contributed by atoms with Gasteiger partial charge in [0.1, 0.15) is 5.75 Å². The van der Waals surface area contributed by atoms with Crippen molar-refractivity contribution in [2.45, 2.75) is 13.5 Å². The van der Waals surface area contributed by atoms with Gasteiger partial charge in [-0.2, -0.15) is 8.78 Å². The van der Waals surface area contributed by atoms with Gasteiger partial charge in [-0.05, 0) is 34.5 Å². The number of nitrogens with one attached hydrogen (secondary N) is 1. The Hall–Kier alpha value is -1.17. The van der Waals surface area contributed by atoms with E-state index in [0.717, 1.165) is 6.21 Å². The molecule has 0 saturated heterocycles. The highest BCUT2D eigenvalue weighted by Gasteiger charge is 2.15. The summed E-state index contributed by atoms with van der Waals surface area (Å²) in [6.45, 7) is -1.30. The number of anilines is 1. The largest absolute Gasteiger partial charge is 0.433 e. The molecule has 6 heteroatoms. The van der Waals surface area contributed by atoms with E-state index in [1.165, 1.54) is 6.07 Å². The molecule has 1 rings (SSSR count). The summed E-state index contributed by atoms with van der Waals surface area (Å²) < 4.78 is 28.8. The topological polar surface area (TPSA) is 59.1 Å². The van der Waals surface area contributed by atoms with Crippen molar-refractivity contribution in [1.82, 2.24) is 0 Å². The lowest BCUT2D eigenvalue weighted by Crippen LogP contribution is -2.06. The van der Waals surface area contributed by atoms with Crippen LogP contribution in [0.1, 0.15) is 11.1 Å². The zero-order valence-electron chi connectivity index (χ0n) is 7.85. The maximum atomic E-state index is 12.1. The van der Waals surface area contributed by atoms with Gasteiger partial charge in [0.25, 0.3) is 0 Å². The maximum absolute atomic E-state index is 12.1. The normalized spacial score (nSPS) is 10.5. The van der Waals surface area contributed by atoms with Gasteiger partial charge in [-0.1, -0.05) is 0 Å². The Bertz CT molecular complexity index is 396. The predicted molar refractivity (Wildman–Crippen MR) is 57.8 cm³/mol. The molecule has 1 aromatic rings. The van der Waals surface area contributed by atoms with E-state index in [-0.39, 0.29) is 10.2 Å². The van der Waals surface area contributed by atoms with Gasteiger partial charge in [-0.25, -0.2) is 0 Å². The summed E-state index contributed by atoms with van der Waals surface area (Å²) in [5.74, 6) is 0.0118. The molecule has 0 fully saturated rings. The molecular weight excluding hydrogens is 270 g/mol. The molecule has 0 aromatic heterocycles. The zero-order valence-corrected chi connectivity index (χ0v) is 9.44.